The number of alkyl halides is 3. The summed E-state index contributed by atoms with van der Waals surface area (Å²) in [7, 11) is 1.66. The van der Waals surface area contributed by atoms with Crippen LogP contribution in [0.1, 0.15) is 5.56 Å². The third-order valence-electron chi connectivity index (χ3n) is 4.91. The Morgan fingerprint density at radius 3 is 2.06 bits per heavy atom. The third-order valence-corrected chi connectivity index (χ3v) is 4.91. The van der Waals surface area contributed by atoms with E-state index < -0.39 is 23.9 Å². The van der Waals surface area contributed by atoms with Gasteiger partial charge in [0.1, 0.15) is 11.4 Å². The number of amides is 2. The quantitative estimate of drug-likeness (QED) is 0.526. The Morgan fingerprint density at radius 1 is 0.812 bits per heavy atom. The Labute approximate surface area is 181 Å². The van der Waals surface area contributed by atoms with Gasteiger partial charge in [0.05, 0.1) is 11.3 Å². The summed E-state index contributed by atoms with van der Waals surface area (Å²) in [6, 6.07) is 22.4. The number of rotatable bonds is 5. The van der Waals surface area contributed by atoms with E-state index >= 15 is 0 Å². The molecule has 0 atom stereocenters. The number of imide groups is 1. The maximum absolute atomic E-state index is 13.5. The summed E-state index contributed by atoms with van der Waals surface area (Å²) in [5.41, 5.74) is 1.45. The molecule has 2 amide bonds. The molecule has 0 saturated carbocycles. The van der Waals surface area contributed by atoms with Gasteiger partial charge in [0.2, 0.25) is 0 Å². The van der Waals surface area contributed by atoms with Crippen LogP contribution in [-0.2, 0) is 9.59 Å². The molecule has 0 bridgehead atoms. The second-order valence-corrected chi connectivity index (χ2v) is 6.98. The van der Waals surface area contributed by atoms with Crippen molar-refractivity contribution in [1.82, 2.24) is 0 Å². The number of carbonyl (C=O) groups is 2. The highest BCUT2D eigenvalue weighted by Crippen LogP contribution is 2.37. The molecular weight excluding hydrogens is 421 g/mol. The van der Waals surface area contributed by atoms with Gasteiger partial charge in [-0.1, -0.05) is 54.6 Å². The molecular formula is C24H17F3N2O3. The summed E-state index contributed by atoms with van der Waals surface area (Å²) < 4.78 is 41.9. The molecule has 0 radical (unpaired) electrons. The lowest BCUT2D eigenvalue weighted by Crippen LogP contribution is -2.34. The number of nitrogens with zero attached hydrogens (tertiary/aromatic N) is 2. The van der Waals surface area contributed by atoms with Gasteiger partial charge in [0.25, 0.3) is 11.8 Å². The molecule has 8 heteroatoms. The smallest absolute Gasteiger partial charge is 0.406 e. The van der Waals surface area contributed by atoms with Crippen molar-refractivity contribution in [2.75, 3.05) is 16.8 Å². The van der Waals surface area contributed by atoms with Crippen LogP contribution < -0.4 is 14.5 Å². The van der Waals surface area contributed by atoms with Crippen LogP contribution in [0.4, 0.5) is 24.5 Å². The third kappa shape index (κ3) is 4.07. The van der Waals surface area contributed by atoms with Gasteiger partial charge in [-0.05, 0) is 29.8 Å². The molecule has 1 heterocycles. The average molecular weight is 438 g/mol. The maximum atomic E-state index is 13.5. The normalized spacial score (nSPS) is 14.2. The van der Waals surface area contributed by atoms with Crippen molar-refractivity contribution in [2.45, 2.75) is 6.36 Å². The van der Waals surface area contributed by atoms with Crippen molar-refractivity contribution >= 4 is 28.8 Å². The van der Waals surface area contributed by atoms with Crippen LogP contribution in [0.5, 0.6) is 5.75 Å². The molecule has 3 aromatic rings. The van der Waals surface area contributed by atoms with Crippen LogP contribution in [-0.4, -0.2) is 25.2 Å². The first kappa shape index (κ1) is 21.2. The summed E-state index contributed by atoms with van der Waals surface area (Å²) in [4.78, 5) is 29.3. The van der Waals surface area contributed by atoms with Gasteiger partial charge < -0.3 is 9.64 Å². The fourth-order valence-corrected chi connectivity index (χ4v) is 3.53. The van der Waals surface area contributed by atoms with Crippen molar-refractivity contribution in [2.24, 2.45) is 0 Å². The number of anilines is 2. The zero-order valence-corrected chi connectivity index (χ0v) is 16.8. The number of hydrogen-bond acceptors (Lipinski definition) is 4. The molecule has 0 aromatic heterocycles. The minimum Gasteiger partial charge on any atom is -0.406 e. The van der Waals surface area contributed by atoms with E-state index in [4.69, 9.17) is 0 Å². The first-order chi connectivity index (χ1) is 15.3. The Kier molecular flexibility index (Phi) is 5.44. The molecule has 5 nitrogen and oxygen atoms in total. The van der Waals surface area contributed by atoms with E-state index in [1.165, 1.54) is 12.1 Å². The number of hydrogen-bond donors (Lipinski definition) is 0. The van der Waals surface area contributed by atoms with Gasteiger partial charge in [0.15, 0.2) is 0 Å². The van der Waals surface area contributed by atoms with Crippen molar-refractivity contribution in [3.8, 4) is 5.75 Å². The lowest BCUT2D eigenvalue weighted by atomic mass is 10.0. The fourth-order valence-electron chi connectivity index (χ4n) is 3.53. The van der Waals surface area contributed by atoms with Crippen LogP contribution >= 0.6 is 0 Å². The molecule has 0 spiro atoms. The van der Waals surface area contributed by atoms with Gasteiger partial charge in [-0.25, -0.2) is 4.90 Å². The number of carbonyl (C=O) groups excluding carboxylic acids is 2. The molecule has 1 aliphatic heterocycles. The van der Waals surface area contributed by atoms with Crippen LogP contribution in [0, 0.1) is 0 Å². The van der Waals surface area contributed by atoms with E-state index in [-0.39, 0.29) is 17.0 Å². The molecule has 4 rings (SSSR count). The zero-order chi connectivity index (χ0) is 22.9. The topological polar surface area (TPSA) is 49.9 Å². The molecule has 3 aromatic carbocycles. The van der Waals surface area contributed by atoms with Gasteiger partial charge >= 0.3 is 6.36 Å². The van der Waals surface area contributed by atoms with Crippen molar-refractivity contribution < 1.29 is 27.5 Å². The maximum Gasteiger partial charge on any atom is 0.573 e. The number of benzene rings is 3. The van der Waals surface area contributed by atoms with Crippen molar-refractivity contribution in [1.29, 1.82) is 0 Å². The van der Waals surface area contributed by atoms with Crippen LogP contribution in [0.25, 0.3) is 5.57 Å². The second-order valence-electron chi connectivity index (χ2n) is 6.98. The second kappa shape index (κ2) is 8.22. The Morgan fingerprint density at radius 2 is 1.44 bits per heavy atom. The minimum atomic E-state index is -4.90. The summed E-state index contributed by atoms with van der Waals surface area (Å²) in [5, 5.41) is 0. The highest BCUT2D eigenvalue weighted by Gasteiger charge is 2.42. The van der Waals surface area contributed by atoms with E-state index in [1.54, 1.807) is 66.5 Å². The lowest BCUT2D eigenvalue weighted by Gasteiger charge is -2.22. The van der Waals surface area contributed by atoms with Crippen LogP contribution in [0.3, 0.4) is 0 Å². The average Bonchev–Trinajstić information content (AvgIpc) is 3.03. The zero-order valence-electron chi connectivity index (χ0n) is 16.8. The Hall–Kier alpha value is -4.07. The highest BCUT2D eigenvalue weighted by atomic mass is 19.4. The standard InChI is InChI=1S/C24H17F3N2O3/c1-28(17-11-6-3-7-12-17)21-20(16-9-4-2-5-10-16)22(30)29(23(21)31)18-13-8-14-19(15-18)32-24(25,26)27/h2-15H,1H3. The largest absolute Gasteiger partial charge is 0.573 e. The Bertz CT molecular complexity index is 1190. The van der Waals surface area contributed by atoms with E-state index in [1.807, 2.05) is 6.07 Å². The van der Waals surface area contributed by atoms with Crippen molar-refractivity contribution in [3.63, 3.8) is 0 Å². The summed E-state index contributed by atoms with van der Waals surface area (Å²) >= 11 is 0. The van der Waals surface area contributed by atoms with Gasteiger partial charge in [-0.15, -0.1) is 13.2 Å². The highest BCUT2D eigenvalue weighted by molar-refractivity contribution is 6.46. The first-order valence-corrected chi connectivity index (χ1v) is 9.59. The summed E-state index contributed by atoms with van der Waals surface area (Å²) in [5.74, 6) is -1.81. The molecule has 0 saturated heterocycles. The van der Waals surface area contributed by atoms with Crippen molar-refractivity contribution in [3.05, 3.63) is 96.2 Å². The number of halogens is 3. The van der Waals surface area contributed by atoms with Crippen LogP contribution in [0.15, 0.2) is 90.6 Å². The number of ether oxygens (including phenoxy) is 1. The first-order valence-electron chi connectivity index (χ1n) is 9.59. The van der Waals surface area contributed by atoms with Crippen LogP contribution in [0.2, 0.25) is 0 Å². The lowest BCUT2D eigenvalue weighted by molar-refractivity contribution is -0.274. The summed E-state index contributed by atoms with van der Waals surface area (Å²) in [6.45, 7) is 0. The Balaban J connectivity index is 1.81. The van der Waals surface area contributed by atoms with E-state index in [2.05, 4.69) is 4.74 Å². The SMILES string of the molecule is CN(C1=C(c2ccccc2)C(=O)N(c2cccc(OC(F)(F)F)c2)C1=O)c1ccccc1. The number of para-hydroxylation sites is 1. The molecule has 0 unspecified atom stereocenters. The van der Waals surface area contributed by atoms with Gasteiger partial charge in [-0.2, -0.15) is 0 Å². The predicted molar refractivity (Wildman–Crippen MR) is 114 cm³/mol. The minimum absolute atomic E-state index is 0.0216. The molecule has 0 fully saturated rings. The molecule has 0 N–H and O–H groups in total. The molecule has 32 heavy (non-hydrogen) atoms. The van der Waals surface area contributed by atoms with Gasteiger partial charge in [0, 0.05) is 18.8 Å². The molecule has 0 aliphatic carbocycles. The van der Waals surface area contributed by atoms with E-state index in [9.17, 15) is 22.8 Å². The monoisotopic (exact) mass is 438 g/mol. The fraction of sp³-hybridized carbons (Fsp3) is 0.0833. The van der Waals surface area contributed by atoms with E-state index in [0.29, 0.717) is 11.3 Å². The van der Waals surface area contributed by atoms with Gasteiger partial charge in [-0.3, -0.25) is 9.59 Å². The molecule has 1 aliphatic rings. The number of likely N-dealkylation sites (N-methyl/N-ethyl adjacent to an activating group) is 1. The predicted octanol–water partition coefficient (Wildman–Crippen LogP) is 5.01. The molecule has 162 valence electrons. The van der Waals surface area contributed by atoms with E-state index in [0.717, 1.165) is 17.0 Å². The summed E-state index contributed by atoms with van der Waals surface area (Å²) in [6.07, 6.45) is -4.90.